The molecular formula is C22H18N8O. The van der Waals surface area contributed by atoms with Gasteiger partial charge in [0.1, 0.15) is 11.9 Å². The summed E-state index contributed by atoms with van der Waals surface area (Å²) in [6.07, 6.45) is 8.42. The highest BCUT2D eigenvalue weighted by Gasteiger charge is 2.34. The van der Waals surface area contributed by atoms with Crippen LogP contribution >= 0.6 is 0 Å². The van der Waals surface area contributed by atoms with Crippen LogP contribution in [0, 0.1) is 0 Å². The number of anilines is 2. The van der Waals surface area contributed by atoms with Crippen molar-refractivity contribution in [1.82, 2.24) is 29.7 Å². The average molecular weight is 410 g/mol. The second-order valence-corrected chi connectivity index (χ2v) is 6.96. The van der Waals surface area contributed by atoms with Crippen molar-refractivity contribution in [2.45, 2.75) is 13.0 Å². The number of pyridine rings is 3. The molecule has 9 heteroatoms. The fourth-order valence-electron chi connectivity index (χ4n) is 3.54. The number of hydrogen-bond acceptors (Lipinski definition) is 7. The van der Waals surface area contributed by atoms with Crippen molar-refractivity contribution in [2.75, 3.05) is 10.6 Å². The van der Waals surface area contributed by atoms with Crippen LogP contribution in [0.5, 0.6) is 0 Å². The number of fused-ring (bicyclic) bond motifs is 1. The Balaban J connectivity index is 1.60. The standard InChI is InChI=1S/C22H18N8O/c1-14-18(21(31)27-17-6-2-3-10-25-17)19(15-7-11-23-12-8-15)30-22(26-14)28-20(29-30)16-5-4-9-24-13-16/h2-13,19H,1H3,(H,25,27,31)(H,26,28,29). The van der Waals surface area contributed by atoms with Gasteiger partial charge in [-0.3, -0.25) is 14.8 Å². The van der Waals surface area contributed by atoms with E-state index in [-0.39, 0.29) is 5.91 Å². The molecule has 4 aromatic heterocycles. The van der Waals surface area contributed by atoms with Crippen LogP contribution in [-0.2, 0) is 4.79 Å². The van der Waals surface area contributed by atoms with Crippen LogP contribution in [0.2, 0.25) is 0 Å². The Morgan fingerprint density at radius 3 is 2.65 bits per heavy atom. The van der Waals surface area contributed by atoms with E-state index in [4.69, 9.17) is 5.10 Å². The number of nitrogens with one attached hydrogen (secondary N) is 2. The molecule has 1 unspecified atom stereocenters. The van der Waals surface area contributed by atoms with Crippen molar-refractivity contribution >= 4 is 17.7 Å². The van der Waals surface area contributed by atoms with Crippen LogP contribution in [0.1, 0.15) is 18.5 Å². The van der Waals surface area contributed by atoms with E-state index in [0.29, 0.717) is 28.9 Å². The second-order valence-electron chi connectivity index (χ2n) is 6.96. The zero-order valence-electron chi connectivity index (χ0n) is 16.6. The molecule has 0 spiro atoms. The Hall–Kier alpha value is -4.40. The highest BCUT2D eigenvalue weighted by molar-refractivity contribution is 6.05. The van der Waals surface area contributed by atoms with Gasteiger partial charge in [0.15, 0.2) is 5.82 Å². The van der Waals surface area contributed by atoms with Crippen LogP contribution in [0.25, 0.3) is 11.4 Å². The monoisotopic (exact) mass is 410 g/mol. The molecule has 1 aliphatic heterocycles. The van der Waals surface area contributed by atoms with E-state index in [1.807, 2.05) is 37.3 Å². The lowest BCUT2D eigenvalue weighted by Crippen LogP contribution is -2.31. The molecule has 9 nitrogen and oxygen atoms in total. The Bertz CT molecular complexity index is 1250. The molecule has 1 amide bonds. The third-order valence-corrected chi connectivity index (χ3v) is 4.95. The summed E-state index contributed by atoms with van der Waals surface area (Å²) < 4.78 is 1.72. The summed E-state index contributed by atoms with van der Waals surface area (Å²) >= 11 is 0. The van der Waals surface area contributed by atoms with E-state index in [2.05, 4.69) is 30.6 Å². The van der Waals surface area contributed by atoms with Gasteiger partial charge in [0, 0.05) is 42.2 Å². The summed E-state index contributed by atoms with van der Waals surface area (Å²) in [6, 6.07) is 12.3. The van der Waals surface area contributed by atoms with Gasteiger partial charge in [-0.15, -0.1) is 5.10 Å². The summed E-state index contributed by atoms with van der Waals surface area (Å²) in [6.45, 7) is 1.85. The molecular weight excluding hydrogens is 392 g/mol. The Labute approximate surface area is 177 Å². The van der Waals surface area contributed by atoms with Crippen molar-refractivity contribution in [2.24, 2.45) is 0 Å². The number of aromatic nitrogens is 6. The second kappa shape index (κ2) is 7.79. The maximum atomic E-state index is 13.3. The van der Waals surface area contributed by atoms with Crippen molar-refractivity contribution in [3.8, 4) is 11.4 Å². The number of nitrogens with zero attached hydrogens (tertiary/aromatic N) is 6. The zero-order valence-corrected chi connectivity index (χ0v) is 16.6. The van der Waals surface area contributed by atoms with Gasteiger partial charge in [-0.25, -0.2) is 9.67 Å². The van der Waals surface area contributed by atoms with Gasteiger partial charge < -0.3 is 10.6 Å². The van der Waals surface area contributed by atoms with Crippen molar-refractivity contribution in [3.05, 3.63) is 90.3 Å². The SMILES string of the molecule is CC1=C(C(=O)Nc2ccccn2)C(c2ccncc2)n2nc(-c3cccnc3)nc2N1. The molecule has 0 aliphatic carbocycles. The van der Waals surface area contributed by atoms with Gasteiger partial charge in [-0.2, -0.15) is 4.98 Å². The van der Waals surface area contributed by atoms with Crippen molar-refractivity contribution in [3.63, 3.8) is 0 Å². The zero-order chi connectivity index (χ0) is 21.2. The molecule has 152 valence electrons. The predicted octanol–water partition coefficient (Wildman–Crippen LogP) is 3.06. The van der Waals surface area contributed by atoms with E-state index in [0.717, 1.165) is 11.1 Å². The van der Waals surface area contributed by atoms with Crippen LogP contribution in [-0.4, -0.2) is 35.6 Å². The molecule has 1 atom stereocenters. The van der Waals surface area contributed by atoms with Gasteiger partial charge in [0.2, 0.25) is 5.95 Å². The minimum atomic E-state index is -0.485. The first kappa shape index (κ1) is 18.6. The van der Waals surface area contributed by atoms with Gasteiger partial charge in [0.25, 0.3) is 5.91 Å². The van der Waals surface area contributed by atoms with Crippen molar-refractivity contribution < 1.29 is 4.79 Å². The first-order chi connectivity index (χ1) is 15.2. The van der Waals surface area contributed by atoms with E-state index >= 15 is 0 Å². The molecule has 0 saturated carbocycles. The lowest BCUT2D eigenvalue weighted by molar-refractivity contribution is -0.113. The number of carbonyl (C=O) groups excluding carboxylic acids is 1. The maximum absolute atomic E-state index is 13.3. The van der Waals surface area contributed by atoms with E-state index in [9.17, 15) is 4.79 Å². The van der Waals surface area contributed by atoms with Gasteiger partial charge in [-0.1, -0.05) is 6.07 Å². The molecule has 0 bridgehead atoms. The Morgan fingerprint density at radius 2 is 1.90 bits per heavy atom. The molecule has 0 fully saturated rings. The fraction of sp³-hybridized carbons (Fsp3) is 0.0909. The van der Waals surface area contributed by atoms with Crippen LogP contribution in [0.3, 0.4) is 0 Å². The topological polar surface area (TPSA) is 111 Å². The van der Waals surface area contributed by atoms with E-state index < -0.39 is 6.04 Å². The third kappa shape index (κ3) is 3.52. The molecule has 0 radical (unpaired) electrons. The van der Waals surface area contributed by atoms with Gasteiger partial charge in [-0.05, 0) is 48.9 Å². The van der Waals surface area contributed by atoms with Crippen LogP contribution < -0.4 is 10.6 Å². The first-order valence-corrected chi connectivity index (χ1v) is 9.68. The number of amides is 1. The van der Waals surface area contributed by atoms with Gasteiger partial charge in [0.05, 0.1) is 5.57 Å². The molecule has 1 aliphatic rings. The summed E-state index contributed by atoms with van der Waals surface area (Å²) in [5.74, 6) is 1.28. The quantitative estimate of drug-likeness (QED) is 0.532. The minimum Gasteiger partial charge on any atom is -0.328 e. The summed E-state index contributed by atoms with van der Waals surface area (Å²) in [4.78, 5) is 30.4. The third-order valence-electron chi connectivity index (χ3n) is 4.95. The average Bonchev–Trinajstić information content (AvgIpc) is 3.23. The minimum absolute atomic E-state index is 0.269. The number of rotatable bonds is 4. The molecule has 5 rings (SSSR count). The Morgan fingerprint density at radius 1 is 1.03 bits per heavy atom. The molecule has 2 N–H and O–H groups in total. The van der Waals surface area contributed by atoms with Gasteiger partial charge >= 0.3 is 0 Å². The van der Waals surface area contributed by atoms with Crippen molar-refractivity contribution in [1.29, 1.82) is 0 Å². The highest BCUT2D eigenvalue weighted by Crippen LogP contribution is 2.36. The normalized spacial score (nSPS) is 15.2. The summed E-state index contributed by atoms with van der Waals surface area (Å²) in [7, 11) is 0. The lowest BCUT2D eigenvalue weighted by atomic mass is 9.96. The van der Waals surface area contributed by atoms with E-state index in [1.165, 1.54) is 0 Å². The largest absolute Gasteiger partial charge is 0.328 e. The maximum Gasteiger partial charge on any atom is 0.257 e. The number of allylic oxidation sites excluding steroid dienone is 1. The lowest BCUT2D eigenvalue weighted by Gasteiger charge is -2.28. The smallest absolute Gasteiger partial charge is 0.257 e. The summed E-state index contributed by atoms with van der Waals surface area (Å²) in [5.41, 5.74) is 2.86. The van der Waals surface area contributed by atoms with Crippen LogP contribution in [0.4, 0.5) is 11.8 Å². The number of carbonyl (C=O) groups is 1. The highest BCUT2D eigenvalue weighted by atomic mass is 16.1. The molecule has 5 heterocycles. The molecule has 31 heavy (non-hydrogen) atoms. The fourth-order valence-corrected chi connectivity index (χ4v) is 3.54. The predicted molar refractivity (Wildman–Crippen MR) is 115 cm³/mol. The number of hydrogen-bond donors (Lipinski definition) is 2. The molecule has 0 aromatic carbocycles. The van der Waals surface area contributed by atoms with Crippen LogP contribution in [0.15, 0.2) is 84.7 Å². The molecule has 0 saturated heterocycles. The molecule has 4 aromatic rings. The van der Waals surface area contributed by atoms with E-state index in [1.54, 1.807) is 47.8 Å². The first-order valence-electron chi connectivity index (χ1n) is 9.68. The Kier molecular flexibility index (Phi) is 4.68. The summed E-state index contributed by atoms with van der Waals surface area (Å²) in [5, 5.41) is 10.8.